The molecule has 0 amide bonds. The van der Waals surface area contributed by atoms with Gasteiger partial charge in [0, 0.05) is 13.0 Å². The van der Waals surface area contributed by atoms with Crippen LogP contribution < -0.4 is 0 Å². The SMILES string of the molecule is CC(C)(C)C(=O)ON1CCCCC1Cc1nc2ccccc2o1. The summed E-state index contributed by atoms with van der Waals surface area (Å²) in [4.78, 5) is 22.3. The molecule has 1 unspecified atom stereocenters. The van der Waals surface area contributed by atoms with Gasteiger partial charge in [-0.1, -0.05) is 18.6 Å². The number of aromatic nitrogens is 1. The standard InChI is InChI=1S/C18H24N2O3/c1-18(2,3)17(21)23-20-11-7-6-8-13(20)12-16-19-14-9-4-5-10-15(14)22-16/h4-5,9-10,13H,6-8,11-12H2,1-3H3. The fourth-order valence-electron chi connectivity index (χ4n) is 2.75. The molecule has 5 nitrogen and oxygen atoms in total. The molecule has 1 aromatic carbocycles. The maximum Gasteiger partial charge on any atom is 0.330 e. The van der Waals surface area contributed by atoms with E-state index in [2.05, 4.69) is 4.98 Å². The van der Waals surface area contributed by atoms with E-state index in [9.17, 15) is 4.79 Å². The highest BCUT2D eigenvalue weighted by molar-refractivity contribution is 5.75. The minimum absolute atomic E-state index is 0.128. The first-order chi connectivity index (χ1) is 10.9. The van der Waals surface area contributed by atoms with Crippen molar-refractivity contribution in [1.82, 2.24) is 10.0 Å². The number of rotatable bonds is 3. The second-order valence-electron chi connectivity index (χ2n) is 7.20. The monoisotopic (exact) mass is 316 g/mol. The van der Waals surface area contributed by atoms with Gasteiger partial charge < -0.3 is 9.25 Å². The average molecular weight is 316 g/mol. The summed E-state index contributed by atoms with van der Waals surface area (Å²) in [7, 11) is 0. The predicted molar refractivity (Wildman–Crippen MR) is 87.6 cm³/mol. The molecular formula is C18H24N2O3. The van der Waals surface area contributed by atoms with Crippen LogP contribution in [-0.2, 0) is 16.1 Å². The maximum absolute atomic E-state index is 12.2. The van der Waals surface area contributed by atoms with Gasteiger partial charge in [-0.05, 0) is 45.7 Å². The molecular weight excluding hydrogens is 292 g/mol. The van der Waals surface area contributed by atoms with Gasteiger partial charge in [0.2, 0.25) is 0 Å². The number of benzene rings is 1. The number of oxazole rings is 1. The molecule has 124 valence electrons. The van der Waals surface area contributed by atoms with Gasteiger partial charge in [-0.15, -0.1) is 5.06 Å². The van der Waals surface area contributed by atoms with Gasteiger partial charge in [-0.25, -0.2) is 9.78 Å². The lowest BCUT2D eigenvalue weighted by Gasteiger charge is -2.34. The van der Waals surface area contributed by atoms with E-state index in [1.165, 1.54) is 0 Å². The third-order valence-corrected chi connectivity index (χ3v) is 4.13. The van der Waals surface area contributed by atoms with Gasteiger partial charge >= 0.3 is 5.97 Å². The summed E-state index contributed by atoms with van der Waals surface area (Å²) in [5, 5.41) is 1.83. The van der Waals surface area contributed by atoms with E-state index in [0.717, 1.165) is 36.9 Å². The van der Waals surface area contributed by atoms with Gasteiger partial charge in [-0.2, -0.15) is 0 Å². The van der Waals surface area contributed by atoms with E-state index in [4.69, 9.17) is 9.25 Å². The van der Waals surface area contributed by atoms with Gasteiger partial charge in [0.1, 0.15) is 5.52 Å². The number of hydrogen-bond donors (Lipinski definition) is 0. The number of piperidine rings is 1. The molecule has 1 saturated heterocycles. The summed E-state index contributed by atoms with van der Waals surface area (Å²) >= 11 is 0. The van der Waals surface area contributed by atoms with Crippen molar-refractivity contribution in [2.45, 2.75) is 52.5 Å². The van der Waals surface area contributed by atoms with E-state index < -0.39 is 5.41 Å². The molecule has 1 aromatic heterocycles. The maximum atomic E-state index is 12.2. The largest absolute Gasteiger partial charge is 0.441 e. The predicted octanol–water partition coefficient (Wildman–Crippen LogP) is 3.73. The average Bonchev–Trinajstić information content (AvgIpc) is 2.90. The zero-order valence-electron chi connectivity index (χ0n) is 14.0. The van der Waals surface area contributed by atoms with Crippen molar-refractivity contribution in [3.05, 3.63) is 30.2 Å². The zero-order chi connectivity index (χ0) is 16.4. The van der Waals surface area contributed by atoms with Crippen LogP contribution in [0.5, 0.6) is 0 Å². The summed E-state index contributed by atoms with van der Waals surface area (Å²) in [6.45, 7) is 6.38. The van der Waals surface area contributed by atoms with Crippen molar-refractivity contribution in [3.63, 3.8) is 0 Å². The Morgan fingerprint density at radius 1 is 1.35 bits per heavy atom. The van der Waals surface area contributed by atoms with Crippen LogP contribution in [0.15, 0.2) is 28.7 Å². The van der Waals surface area contributed by atoms with Crippen LogP contribution in [0.3, 0.4) is 0 Å². The second kappa shape index (κ2) is 6.32. The lowest BCUT2D eigenvalue weighted by atomic mass is 9.97. The third-order valence-electron chi connectivity index (χ3n) is 4.13. The Morgan fingerprint density at radius 3 is 2.87 bits per heavy atom. The van der Waals surface area contributed by atoms with Crippen molar-refractivity contribution in [2.75, 3.05) is 6.54 Å². The highest BCUT2D eigenvalue weighted by Gasteiger charge is 2.31. The Balaban J connectivity index is 1.72. The Kier molecular flexibility index (Phi) is 4.39. The molecule has 0 saturated carbocycles. The number of hydroxylamine groups is 2. The van der Waals surface area contributed by atoms with Gasteiger partial charge in [0.05, 0.1) is 11.5 Å². The summed E-state index contributed by atoms with van der Waals surface area (Å²) < 4.78 is 5.81. The molecule has 1 fully saturated rings. The molecule has 0 spiro atoms. The number of carbonyl (C=O) groups is 1. The normalized spacial score (nSPS) is 19.9. The van der Waals surface area contributed by atoms with Crippen LogP contribution in [-0.4, -0.2) is 28.6 Å². The minimum Gasteiger partial charge on any atom is -0.441 e. The van der Waals surface area contributed by atoms with Crippen LogP contribution in [0.1, 0.15) is 45.9 Å². The minimum atomic E-state index is -0.500. The van der Waals surface area contributed by atoms with Crippen molar-refractivity contribution < 1.29 is 14.0 Å². The molecule has 0 N–H and O–H groups in total. The molecule has 2 aromatic rings. The molecule has 0 aliphatic carbocycles. The van der Waals surface area contributed by atoms with E-state index in [1.807, 2.05) is 50.1 Å². The fraction of sp³-hybridized carbons (Fsp3) is 0.556. The summed E-state index contributed by atoms with van der Waals surface area (Å²) in [6.07, 6.45) is 3.82. The lowest BCUT2D eigenvalue weighted by molar-refractivity contribution is -0.217. The summed E-state index contributed by atoms with van der Waals surface area (Å²) in [6, 6.07) is 7.88. The van der Waals surface area contributed by atoms with Crippen LogP contribution in [0, 0.1) is 5.41 Å². The quantitative estimate of drug-likeness (QED) is 0.863. The highest BCUT2D eigenvalue weighted by Crippen LogP contribution is 2.25. The van der Waals surface area contributed by atoms with Gasteiger partial charge in [0.15, 0.2) is 11.5 Å². The molecule has 2 heterocycles. The first kappa shape index (κ1) is 16.0. The van der Waals surface area contributed by atoms with Crippen molar-refractivity contribution in [1.29, 1.82) is 0 Å². The smallest absolute Gasteiger partial charge is 0.330 e. The molecule has 1 aliphatic rings. The summed E-state index contributed by atoms with van der Waals surface area (Å²) in [5.74, 6) is 0.511. The van der Waals surface area contributed by atoms with E-state index in [0.29, 0.717) is 12.3 Å². The van der Waals surface area contributed by atoms with Crippen molar-refractivity contribution in [2.24, 2.45) is 5.41 Å². The van der Waals surface area contributed by atoms with Crippen LogP contribution in [0.25, 0.3) is 11.1 Å². The van der Waals surface area contributed by atoms with E-state index >= 15 is 0 Å². The number of fused-ring (bicyclic) bond motifs is 1. The van der Waals surface area contributed by atoms with Crippen molar-refractivity contribution >= 4 is 17.1 Å². The summed E-state index contributed by atoms with van der Waals surface area (Å²) in [5.41, 5.74) is 1.17. The zero-order valence-corrected chi connectivity index (χ0v) is 14.0. The fourth-order valence-corrected chi connectivity index (χ4v) is 2.75. The first-order valence-corrected chi connectivity index (χ1v) is 8.27. The van der Waals surface area contributed by atoms with Gasteiger partial charge in [-0.3, -0.25) is 0 Å². The van der Waals surface area contributed by atoms with E-state index in [-0.39, 0.29) is 12.0 Å². The number of nitrogens with zero attached hydrogens (tertiary/aromatic N) is 2. The molecule has 1 atom stereocenters. The Bertz CT molecular complexity index is 654. The Hall–Kier alpha value is -1.88. The van der Waals surface area contributed by atoms with E-state index in [1.54, 1.807) is 0 Å². The molecule has 0 radical (unpaired) electrons. The molecule has 5 heteroatoms. The Morgan fingerprint density at radius 2 is 2.13 bits per heavy atom. The van der Waals surface area contributed by atoms with Crippen LogP contribution in [0.2, 0.25) is 0 Å². The van der Waals surface area contributed by atoms with Gasteiger partial charge in [0.25, 0.3) is 0 Å². The Labute approximate surface area is 136 Å². The van der Waals surface area contributed by atoms with Crippen LogP contribution >= 0.6 is 0 Å². The molecule has 0 bridgehead atoms. The second-order valence-corrected chi connectivity index (χ2v) is 7.20. The third kappa shape index (κ3) is 3.72. The first-order valence-electron chi connectivity index (χ1n) is 8.27. The lowest BCUT2D eigenvalue weighted by Crippen LogP contribution is -2.44. The van der Waals surface area contributed by atoms with Crippen molar-refractivity contribution in [3.8, 4) is 0 Å². The van der Waals surface area contributed by atoms with Crippen LogP contribution in [0.4, 0.5) is 0 Å². The number of para-hydroxylation sites is 2. The topological polar surface area (TPSA) is 55.6 Å². The highest BCUT2D eigenvalue weighted by atomic mass is 16.7. The molecule has 23 heavy (non-hydrogen) atoms. The molecule has 1 aliphatic heterocycles. The number of carbonyl (C=O) groups excluding carboxylic acids is 1. The molecule has 3 rings (SSSR count). The number of hydrogen-bond acceptors (Lipinski definition) is 5.